The summed E-state index contributed by atoms with van der Waals surface area (Å²) < 4.78 is 11.4. The monoisotopic (exact) mass is 594 g/mol. The van der Waals surface area contributed by atoms with Gasteiger partial charge in [-0.1, -0.05) is 98.1 Å². The van der Waals surface area contributed by atoms with Gasteiger partial charge in [0.15, 0.2) is 0 Å². The minimum Gasteiger partial charge on any atom is -0.466 e. The third-order valence-corrected chi connectivity index (χ3v) is 4.96. The van der Waals surface area contributed by atoms with Gasteiger partial charge < -0.3 is 9.47 Å². The molecule has 0 bridgehead atoms. The molecule has 0 aromatic rings. The number of alkyl halides is 2. The van der Waals surface area contributed by atoms with Gasteiger partial charge in [0.1, 0.15) is 6.10 Å². The Morgan fingerprint density at radius 3 is 1.85 bits per heavy atom. The van der Waals surface area contributed by atoms with Crippen LogP contribution in [0.5, 0.6) is 0 Å². The molecule has 0 N–H and O–H groups in total. The molecule has 4 nitrogen and oxygen atoms in total. The van der Waals surface area contributed by atoms with E-state index >= 15 is 0 Å². The SMILES string of the molecule is CCC(CCCCCCCCCOC(=O)CC(C)I)OC(=O)CC(C)I. The average molecular weight is 594 g/mol. The molecule has 26 heavy (non-hydrogen) atoms. The Kier molecular flexibility index (Phi) is 17.8. The van der Waals surface area contributed by atoms with Crippen molar-refractivity contribution >= 4 is 57.1 Å². The summed E-state index contributed by atoms with van der Waals surface area (Å²) in [5.41, 5.74) is 0. The molecule has 0 rings (SSSR count). The van der Waals surface area contributed by atoms with E-state index in [2.05, 4.69) is 52.1 Å². The predicted octanol–water partition coefficient (Wildman–Crippen LogP) is 6.40. The van der Waals surface area contributed by atoms with Gasteiger partial charge in [0.2, 0.25) is 0 Å². The van der Waals surface area contributed by atoms with E-state index in [0.717, 1.165) is 32.1 Å². The summed E-state index contributed by atoms with van der Waals surface area (Å²) in [7, 11) is 0. The zero-order valence-electron chi connectivity index (χ0n) is 16.6. The molecule has 0 aromatic heterocycles. The summed E-state index contributed by atoms with van der Waals surface area (Å²) in [5.74, 6) is -0.140. The van der Waals surface area contributed by atoms with E-state index in [1.54, 1.807) is 0 Å². The van der Waals surface area contributed by atoms with Crippen LogP contribution in [0.3, 0.4) is 0 Å². The van der Waals surface area contributed by atoms with Crippen LogP contribution < -0.4 is 0 Å². The molecule has 154 valence electrons. The van der Waals surface area contributed by atoms with Crippen molar-refractivity contribution in [2.75, 3.05) is 6.61 Å². The number of halogens is 2. The molecule has 0 radical (unpaired) electrons. The smallest absolute Gasteiger partial charge is 0.307 e. The Hall–Kier alpha value is 0.400. The zero-order valence-corrected chi connectivity index (χ0v) is 20.9. The van der Waals surface area contributed by atoms with Gasteiger partial charge in [-0.05, 0) is 25.7 Å². The van der Waals surface area contributed by atoms with E-state index in [4.69, 9.17) is 9.47 Å². The zero-order chi connectivity index (χ0) is 19.8. The minimum atomic E-state index is -0.0778. The predicted molar refractivity (Wildman–Crippen MR) is 124 cm³/mol. The fourth-order valence-electron chi connectivity index (χ4n) is 2.64. The summed E-state index contributed by atoms with van der Waals surface area (Å²) in [6.07, 6.45) is 11.0. The first-order valence-electron chi connectivity index (χ1n) is 9.98. The van der Waals surface area contributed by atoms with Crippen LogP contribution in [0, 0.1) is 0 Å². The fraction of sp³-hybridized carbons (Fsp3) is 0.900. The molecule has 3 unspecified atom stereocenters. The van der Waals surface area contributed by atoms with Crippen LogP contribution in [0.1, 0.15) is 91.4 Å². The van der Waals surface area contributed by atoms with E-state index in [1.165, 1.54) is 25.7 Å². The van der Waals surface area contributed by atoms with Crippen molar-refractivity contribution in [1.82, 2.24) is 0 Å². The molecule has 0 saturated carbocycles. The topological polar surface area (TPSA) is 52.6 Å². The largest absolute Gasteiger partial charge is 0.466 e. The summed E-state index contributed by atoms with van der Waals surface area (Å²) in [6, 6.07) is 0. The Bertz CT molecular complexity index is 373. The van der Waals surface area contributed by atoms with E-state index in [9.17, 15) is 9.59 Å². The van der Waals surface area contributed by atoms with E-state index < -0.39 is 0 Å². The molecule has 0 aliphatic heterocycles. The number of hydrogen-bond donors (Lipinski definition) is 0. The van der Waals surface area contributed by atoms with Gasteiger partial charge in [0.25, 0.3) is 0 Å². The second-order valence-corrected chi connectivity index (χ2v) is 11.2. The number of unbranched alkanes of at least 4 members (excludes halogenated alkanes) is 6. The quantitative estimate of drug-likeness (QED) is 0.0899. The highest BCUT2D eigenvalue weighted by Gasteiger charge is 2.14. The van der Waals surface area contributed by atoms with Crippen LogP contribution in [0.4, 0.5) is 0 Å². The second kappa shape index (κ2) is 17.5. The average Bonchev–Trinajstić information content (AvgIpc) is 2.53. The maximum Gasteiger partial charge on any atom is 0.307 e. The van der Waals surface area contributed by atoms with Crippen molar-refractivity contribution in [2.45, 2.75) is 105 Å². The molecule has 0 amide bonds. The molecule has 0 aromatic carbocycles. The lowest BCUT2D eigenvalue weighted by Crippen LogP contribution is -2.19. The van der Waals surface area contributed by atoms with Gasteiger partial charge in [-0.3, -0.25) is 9.59 Å². The first-order chi connectivity index (χ1) is 12.3. The van der Waals surface area contributed by atoms with Crippen molar-refractivity contribution in [3.63, 3.8) is 0 Å². The summed E-state index contributed by atoms with van der Waals surface area (Å²) in [5, 5.41) is 0. The standard InChI is InChI=1S/C20H36I2O4/c1-4-18(26-20(24)15-17(3)22)12-10-8-6-5-7-9-11-13-25-19(23)14-16(2)21/h16-18H,4-15H2,1-3H3. The van der Waals surface area contributed by atoms with Crippen LogP contribution >= 0.6 is 45.2 Å². The van der Waals surface area contributed by atoms with Crippen molar-refractivity contribution in [2.24, 2.45) is 0 Å². The van der Waals surface area contributed by atoms with Crippen molar-refractivity contribution < 1.29 is 19.1 Å². The lowest BCUT2D eigenvalue weighted by atomic mass is 10.1. The first kappa shape index (κ1) is 26.4. The molecule has 0 aliphatic rings. The van der Waals surface area contributed by atoms with Crippen LogP contribution in [-0.2, 0) is 19.1 Å². The van der Waals surface area contributed by atoms with Gasteiger partial charge in [0.05, 0.1) is 19.4 Å². The van der Waals surface area contributed by atoms with Crippen molar-refractivity contribution in [3.8, 4) is 0 Å². The number of hydrogen-bond acceptors (Lipinski definition) is 4. The van der Waals surface area contributed by atoms with Crippen LogP contribution in [-0.4, -0.2) is 32.5 Å². The van der Waals surface area contributed by atoms with Gasteiger partial charge >= 0.3 is 11.9 Å². The van der Waals surface area contributed by atoms with Gasteiger partial charge in [0, 0.05) is 7.85 Å². The van der Waals surface area contributed by atoms with Crippen molar-refractivity contribution in [1.29, 1.82) is 0 Å². The molecule has 0 heterocycles. The molecule has 0 aliphatic carbocycles. The summed E-state index contributed by atoms with van der Waals surface area (Å²) >= 11 is 4.49. The lowest BCUT2D eigenvalue weighted by molar-refractivity contribution is -0.149. The molecular formula is C20H36I2O4. The summed E-state index contributed by atoms with van der Waals surface area (Å²) in [4.78, 5) is 23.1. The van der Waals surface area contributed by atoms with Gasteiger partial charge in [-0.25, -0.2) is 0 Å². The second-order valence-electron chi connectivity index (χ2n) is 6.97. The van der Waals surface area contributed by atoms with E-state index in [-0.39, 0.29) is 18.0 Å². The Balaban J connectivity index is 3.49. The highest BCUT2D eigenvalue weighted by Crippen LogP contribution is 2.15. The third kappa shape index (κ3) is 17.8. The fourth-order valence-corrected chi connectivity index (χ4v) is 3.36. The highest BCUT2D eigenvalue weighted by atomic mass is 127. The molecule has 0 saturated heterocycles. The third-order valence-electron chi connectivity index (χ3n) is 4.08. The maximum absolute atomic E-state index is 11.7. The number of esters is 2. The summed E-state index contributed by atoms with van der Waals surface area (Å²) in [6.45, 7) is 6.68. The maximum atomic E-state index is 11.7. The first-order valence-corrected chi connectivity index (χ1v) is 12.5. The molecule has 0 spiro atoms. The molecule has 6 heteroatoms. The molecule has 0 fully saturated rings. The number of rotatable bonds is 16. The highest BCUT2D eigenvalue weighted by molar-refractivity contribution is 14.1. The lowest BCUT2D eigenvalue weighted by Gasteiger charge is -2.16. The molecule has 3 atom stereocenters. The number of ether oxygens (including phenoxy) is 2. The number of carbonyl (C=O) groups is 2. The van der Waals surface area contributed by atoms with Gasteiger partial charge in [-0.15, -0.1) is 0 Å². The van der Waals surface area contributed by atoms with E-state index in [1.807, 2.05) is 13.8 Å². The normalized spacial score (nSPS) is 14.5. The Morgan fingerprint density at radius 2 is 1.31 bits per heavy atom. The number of carbonyl (C=O) groups excluding carboxylic acids is 2. The van der Waals surface area contributed by atoms with Gasteiger partial charge in [-0.2, -0.15) is 0 Å². The van der Waals surface area contributed by atoms with Crippen molar-refractivity contribution in [3.05, 3.63) is 0 Å². The van der Waals surface area contributed by atoms with Crippen LogP contribution in [0.15, 0.2) is 0 Å². The Morgan fingerprint density at radius 1 is 0.808 bits per heavy atom. The van der Waals surface area contributed by atoms with Crippen LogP contribution in [0.25, 0.3) is 0 Å². The van der Waals surface area contributed by atoms with Crippen LogP contribution in [0.2, 0.25) is 0 Å². The molecular weight excluding hydrogens is 558 g/mol. The minimum absolute atomic E-state index is 0.0626. The van der Waals surface area contributed by atoms with E-state index in [0.29, 0.717) is 27.3 Å². The Labute approximate surface area is 187 Å².